The molecule has 0 radical (unpaired) electrons. The fourth-order valence-electron chi connectivity index (χ4n) is 1.32. The maximum absolute atomic E-state index is 11.7. The van der Waals surface area contributed by atoms with Gasteiger partial charge in [-0.25, -0.2) is 8.42 Å². The Morgan fingerprint density at radius 2 is 2.08 bits per heavy atom. The molecule has 0 aromatic heterocycles. The third kappa shape index (κ3) is 2.42. The van der Waals surface area contributed by atoms with E-state index in [4.69, 9.17) is 4.74 Å². The van der Waals surface area contributed by atoms with E-state index in [9.17, 15) is 8.42 Å². The molecular formula is C8H17NO3S. The third-order valence-electron chi connectivity index (χ3n) is 2.16. The molecule has 5 heteroatoms. The predicted octanol–water partition coefficient (Wildman–Crippen LogP) is 0.445. The van der Waals surface area contributed by atoms with Crippen molar-refractivity contribution in [3.8, 4) is 0 Å². The number of rotatable bonds is 2. The third-order valence-corrected chi connectivity index (χ3v) is 4.40. The summed E-state index contributed by atoms with van der Waals surface area (Å²) in [5.74, 6) is 0. The van der Waals surface area contributed by atoms with Gasteiger partial charge in [-0.2, -0.15) is 4.31 Å². The average Bonchev–Trinajstić information content (AvgIpc) is 2.04. The summed E-state index contributed by atoms with van der Waals surface area (Å²) in [6.07, 6.45) is 0.0160. The van der Waals surface area contributed by atoms with Crippen molar-refractivity contribution >= 4 is 10.0 Å². The second-order valence-electron chi connectivity index (χ2n) is 3.63. The SMILES string of the molecule is CC1CN(S(=O)(=O)C(C)C)CCO1. The van der Waals surface area contributed by atoms with Gasteiger partial charge in [-0.05, 0) is 20.8 Å². The minimum absolute atomic E-state index is 0.0160. The van der Waals surface area contributed by atoms with Crippen LogP contribution in [0, 0.1) is 0 Å². The lowest BCUT2D eigenvalue weighted by atomic mass is 10.3. The van der Waals surface area contributed by atoms with Crippen molar-refractivity contribution in [3.63, 3.8) is 0 Å². The first kappa shape index (κ1) is 10.9. The van der Waals surface area contributed by atoms with Gasteiger partial charge in [0.25, 0.3) is 0 Å². The van der Waals surface area contributed by atoms with E-state index in [0.717, 1.165) is 0 Å². The fraction of sp³-hybridized carbons (Fsp3) is 1.00. The zero-order valence-corrected chi connectivity index (χ0v) is 9.17. The summed E-state index contributed by atoms with van der Waals surface area (Å²) >= 11 is 0. The molecular weight excluding hydrogens is 190 g/mol. The molecule has 1 saturated heterocycles. The zero-order valence-electron chi connectivity index (χ0n) is 8.36. The molecule has 0 aromatic carbocycles. The molecule has 0 aliphatic carbocycles. The monoisotopic (exact) mass is 207 g/mol. The molecule has 0 amide bonds. The predicted molar refractivity (Wildman–Crippen MR) is 51.0 cm³/mol. The number of hydrogen-bond acceptors (Lipinski definition) is 3. The van der Waals surface area contributed by atoms with Crippen molar-refractivity contribution in [1.29, 1.82) is 0 Å². The molecule has 1 atom stereocenters. The van der Waals surface area contributed by atoms with E-state index in [1.165, 1.54) is 4.31 Å². The van der Waals surface area contributed by atoms with E-state index in [1.807, 2.05) is 6.92 Å². The topological polar surface area (TPSA) is 46.6 Å². The molecule has 0 aromatic rings. The van der Waals surface area contributed by atoms with Crippen LogP contribution in [0.1, 0.15) is 20.8 Å². The molecule has 1 rings (SSSR count). The van der Waals surface area contributed by atoms with Gasteiger partial charge in [0.1, 0.15) is 0 Å². The van der Waals surface area contributed by atoms with E-state index < -0.39 is 10.0 Å². The zero-order chi connectivity index (χ0) is 10.1. The Morgan fingerprint density at radius 1 is 1.46 bits per heavy atom. The number of morpholine rings is 1. The number of hydrogen-bond donors (Lipinski definition) is 0. The van der Waals surface area contributed by atoms with Gasteiger partial charge in [-0.3, -0.25) is 0 Å². The lowest BCUT2D eigenvalue weighted by molar-refractivity contribution is 0.00996. The molecule has 0 bridgehead atoms. The van der Waals surface area contributed by atoms with Crippen LogP contribution in [-0.4, -0.2) is 43.8 Å². The van der Waals surface area contributed by atoms with Gasteiger partial charge < -0.3 is 4.74 Å². The second-order valence-corrected chi connectivity index (χ2v) is 6.12. The number of sulfonamides is 1. The Morgan fingerprint density at radius 3 is 2.54 bits per heavy atom. The van der Waals surface area contributed by atoms with Crippen molar-refractivity contribution < 1.29 is 13.2 Å². The quantitative estimate of drug-likeness (QED) is 0.660. The first-order valence-corrected chi connectivity index (χ1v) is 6.05. The van der Waals surface area contributed by atoms with E-state index in [2.05, 4.69) is 0 Å². The minimum Gasteiger partial charge on any atom is -0.376 e. The second kappa shape index (κ2) is 3.94. The summed E-state index contributed by atoms with van der Waals surface area (Å²) in [6.45, 7) is 6.78. The molecule has 1 heterocycles. The van der Waals surface area contributed by atoms with Gasteiger partial charge >= 0.3 is 0 Å². The maximum atomic E-state index is 11.7. The van der Waals surface area contributed by atoms with Crippen molar-refractivity contribution in [1.82, 2.24) is 4.31 Å². The first-order chi connectivity index (χ1) is 5.94. The minimum atomic E-state index is -3.08. The smallest absolute Gasteiger partial charge is 0.216 e. The van der Waals surface area contributed by atoms with E-state index in [-0.39, 0.29) is 11.4 Å². The molecule has 1 fully saturated rings. The highest BCUT2D eigenvalue weighted by molar-refractivity contribution is 7.89. The summed E-state index contributed by atoms with van der Waals surface area (Å²) in [4.78, 5) is 0. The van der Waals surface area contributed by atoms with Crippen LogP contribution in [0.2, 0.25) is 0 Å². The van der Waals surface area contributed by atoms with Crippen LogP contribution in [0.25, 0.3) is 0 Å². The van der Waals surface area contributed by atoms with E-state index in [0.29, 0.717) is 19.7 Å². The van der Waals surface area contributed by atoms with Gasteiger partial charge in [0, 0.05) is 13.1 Å². The number of nitrogens with zero attached hydrogens (tertiary/aromatic N) is 1. The normalized spacial score (nSPS) is 26.6. The van der Waals surface area contributed by atoms with Crippen molar-refractivity contribution in [3.05, 3.63) is 0 Å². The van der Waals surface area contributed by atoms with E-state index >= 15 is 0 Å². The number of ether oxygens (including phenoxy) is 1. The van der Waals surface area contributed by atoms with Crippen LogP contribution in [0.15, 0.2) is 0 Å². The van der Waals surface area contributed by atoms with Crippen LogP contribution in [0.4, 0.5) is 0 Å². The maximum Gasteiger partial charge on any atom is 0.216 e. The van der Waals surface area contributed by atoms with Crippen LogP contribution >= 0.6 is 0 Å². The standard InChI is InChI=1S/C8H17NO3S/c1-7(2)13(10,11)9-4-5-12-8(3)6-9/h7-8H,4-6H2,1-3H3. The van der Waals surface area contributed by atoms with Gasteiger partial charge in [0.2, 0.25) is 10.0 Å². The highest BCUT2D eigenvalue weighted by Crippen LogP contribution is 2.13. The largest absolute Gasteiger partial charge is 0.376 e. The van der Waals surface area contributed by atoms with Crippen LogP contribution in [0.5, 0.6) is 0 Å². The van der Waals surface area contributed by atoms with Gasteiger partial charge in [0.05, 0.1) is 18.0 Å². The highest BCUT2D eigenvalue weighted by Gasteiger charge is 2.29. The fourth-order valence-corrected chi connectivity index (χ4v) is 2.66. The van der Waals surface area contributed by atoms with Gasteiger partial charge in [0.15, 0.2) is 0 Å². The summed E-state index contributed by atoms with van der Waals surface area (Å²) in [5, 5.41) is -0.335. The van der Waals surface area contributed by atoms with Gasteiger partial charge in [-0.15, -0.1) is 0 Å². The summed E-state index contributed by atoms with van der Waals surface area (Å²) in [7, 11) is -3.08. The molecule has 13 heavy (non-hydrogen) atoms. The Balaban J connectivity index is 2.71. The molecule has 0 spiro atoms. The van der Waals surface area contributed by atoms with Crippen molar-refractivity contribution in [2.75, 3.05) is 19.7 Å². The van der Waals surface area contributed by atoms with Crippen LogP contribution < -0.4 is 0 Å². The van der Waals surface area contributed by atoms with Crippen LogP contribution in [-0.2, 0) is 14.8 Å². The summed E-state index contributed by atoms with van der Waals surface area (Å²) in [6, 6.07) is 0. The molecule has 1 unspecified atom stereocenters. The molecule has 1 aliphatic heterocycles. The molecule has 4 nitrogen and oxygen atoms in total. The van der Waals surface area contributed by atoms with Crippen molar-refractivity contribution in [2.24, 2.45) is 0 Å². The van der Waals surface area contributed by atoms with Crippen LogP contribution in [0.3, 0.4) is 0 Å². The highest BCUT2D eigenvalue weighted by atomic mass is 32.2. The average molecular weight is 207 g/mol. The lowest BCUT2D eigenvalue weighted by Crippen LogP contribution is -2.46. The van der Waals surface area contributed by atoms with E-state index in [1.54, 1.807) is 13.8 Å². The Bertz CT molecular complexity index is 261. The summed E-state index contributed by atoms with van der Waals surface area (Å²) in [5.41, 5.74) is 0. The van der Waals surface area contributed by atoms with Crippen molar-refractivity contribution in [2.45, 2.75) is 32.1 Å². The lowest BCUT2D eigenvalue weighted by Gasteiger charge is -2.31. The van der Waals surface area contributed by atoms with Gasteiger partial charge in [-0.1, -0.05) is 0 Å². The summed E-state index contributed by atoms with van der Waals surface area (Å²) < 4.78 is 30.2. The Labute approximate surface area is 79.9 Å². The molecule has 1 aliphatic rings. The molecule has 0 N–H and O–H groups in total. The molecule has 0 saturated carbocycles. The molecule has 78 valence electrons. The Hall–Kier alpha value is -0.130. The first-order valence-electron chi connectivity index (χ1n) is 4.55. The Kier molecular flexibility index (Phi) is 3.32.